The van der Waals surface area contributed by atoms with Crippen molar-refractivity contribution in [1.82, 2.24) is 9.97 Å². The van der Waals surface area contributed by atoms with Gasteiger partial charge in [0.15, 0.2) is 0 Å². The lowest BCUT2D eigenvalue weighted by Crippen LogP contribution is -2.14. The minimum absolute atomic E-state index is 0.131. The summed E-state index contributed by atoms with van der Waals surface area (Å²) in [5, 5.41) is 4.57. The monoisotopic (exact) mass is 379 g/mol. The molecule has 6 heteroatoms. The summed E-state index contributed by atoms with van der Waals surface area (Å²) in [6.07, 6.45) is 1.72. The van der Waals surface area contributed by atoms with E-state index in [2.05, 4.69) is 26.1 Å². The lowest BCUT2D eigenvalue weighted by atomic mass is 9.96. The molecule has 4 rings (SSSR count). The highest BCUT2D eigenvalue weighted by Gasteiger charge is 2.21. The van der Waals surface area contributed by atoms with Crippen LogP contribution in [0.5, 0.6) is 5.75 Å². The number of hydrogen-bond donors (Lipinski definition) is 2. The van der Waals surface area contributed by atoms with Crippen molar-refractivity contribution < 1.29 is 13.5 Å². The van der Waals surface area contributed by atoms with Gasteiger partial charge in [0.2, 0.25) is 0 Å². The number of alkyl halides is 2. The van der Waals surface area contributed by atoms with E-state index in [1.807, 2.05) is 43.3 Å². The van der Waals surface area contributed by atoms with Crippen molar-refractivity contribution in [3.05, 3.63) is 89.7 Å². The molecule has 0 saturated heterocycles. The fraction of sp³-hybridized carbons (Fsp3) is 0.136. The van der Waals surface area contributed by atoms with E-state index in [0.717, 1.165) is 33.5 Å². The number of pyridine rings is 1. The van der Waals surface area contributed by atoms with Crippen molar-refractivity contribution in [3.63, 3.8) is 0 Å². The molecule has 0 aliphatic rings. The predicted molar refractivity (Wildman–Crippen MR) is 106 cm³/mol. The Hall–Kier alpha value is -3.41. The number of halogens is 2. The molecular weight excluding hydrogens is 360 g/mol. The van der Waals surface area contributed by atoms with Crippen LogP contribution in [0.1, 0.15) is 22.9 Å². The number of fused-ring (bicyclic) bond motifs is 1. The van der Waals surface area contributed by atoms with Crippen LogP contribution >= 0.6 is 0 Å². The average Bonchev–Trinajstić information content (AvgIpc) is 3.03. The predicted octanol–water partition coefficient (Wildman–Crippen LogP) is 5.67. The van der Waals surface area contributed by atoms with Crippen molar-refractivity contribution in [2.45, 2.75) is 19.6 Å². The molecule has 0 fully saturated rings. The zero-order valence-corrected chi connectivity index (χ0v) is 15.2. The number of benzene rings is 2. The van der Waals surface area contributed by atoms with Crippen LogP contribution in [0, 0.1) is 6.92 Å². The van der Waals surface area contributed by atoms with E-state index in [0.29, 0.717) is 0 Å². The van der Waals surface area contributed by atoms with Gasteiger partial charge < -0.3 is 15.0 Å². The lowest BCUT2D eigenvalue weighted by Gasteiger charge is -2.21. The molecule has 0 saturated carbocycles. The third-order valence-electron chi connectivity index (χ3n) is 4.63. The summed E-state index contributed by atoms with van der Waals surface area (Å²) in [5.74, 6) is 0.857. The SMILES string of the molecule is Cc1[nH]c2ccccc2c1[C@H](Nc1ccccn1)c1ccc(OC(F)F)cc1. The zero-order valence-electron chi connectivity index (χ0n) is 15.2. The van der Waals surface area contributed by atoms with Crippen LogP contribution in [0.4, 0.5) is 14.6 Å². The fourth-order valence-electron chi connectivity index (χ4n) is 3.43. The van der Waals surface area contributed by atoms with Crippen molar-refractivity contribution in [3.8, 4) is 5.75 Å². The number of aromatic nitrogens is 2. The second-order valence-electron chi connectivity index (χ2n) is 6.45. The summed E-state index contributed by atoms with van der Waals surface area (Å²) in [6, 6.07) is 20.2. The molecule has 2 N–H and O–H groups in total. The molecule has 0 aliphatic carbocycles. The number of H-pyrrole nitrogens is 1. The van der Waals surface area contributed by atoms with Gasteiger partial charge in [-0.1, -0.05) is 36.4 Å². The molecule has 0 radical (unpaired) electrons. The van der Waals surface area contributed by atoms with Crippen molar-refractivity contribution in [2.75, 3.05) is 5.32 Å². The van der Waals surface area contributed by atoms with Crippen molar-refractivity contribution in [1.29, 1.82) is 0 Å². The molecule has 0 unspecified atom stereocenters. The van der Waals surface area contributed by atoms with Gasteiger partial charge in [0.05, 0.1) is 6.04 Å². The van der Waals surface area contributed by atoms with Crippen LogP contribution < -0.4 is 10.1 Å². The molecule has 0 bridgehead atoms. The van der Waals surface area contributed by atoms with E-state index in [1.165, 1.54) is 0 Å². The van der Waals surface area contributed by atoms with E-state index in [4.69, 9.17) is 0 Å². The molecule has 1 atom stereocenters. The Morgan fingerprint density at radius 1 is 0.964 bits per heavy atom. The third kappa shape index (κ3) is 3.67. The van der Waals surface area contributed by atoms with E-state index in [-0.39, 0.29) is 11.8 Å². The fourth-order valence-corrected chi connectivity index (χ4v) is 3.43. The largest absolute Gasteiger partial charge is 0.435 e. The molecule has 0 aliphatic heterocycles. The normalized spacial score (nSPS) is 12.3. The molecule has 2 heterocycles. The highest BCUT2D eigenvalue weighted by atomic mass is 19.3. The number of anilines is 1. The van der Waals surface area contributed by atoms with E-state index >= 15 is 0 Å². The summed E-state index contributed by atoms with van der Waals surface area (Å²) < 4.78 is 29.4. The zero-order chi connectivity index (χ0) is 19.5. The number of nitrogens with one attached hydrogen (secondary N) is 2. The highest BCUT2D eigenvalue weighted by Crippen LogP contribution is 2.34. The first-order valence-corrected chi connectivity index (χ1v) is 8.91. The Kier molecular flexibility index (Phi) is 4.93. The first-order chi connectivity index (χ1) is 13.6. The minimum Gasteiger partial charge on any atom is -0.435 e. The number of aryl methyl sites for hydroxylation is 1. The van der Waals surface area contributed by atoms with Gasteiger partial charge in [-0.3, -0.25) is 0 Å². The smallest absolute Gasteiger partial charge is 0.387 e. The first kappa shape index (κ1) is 18.0. The van der Waals surface area contributed by atoms with Crippen LogP contribution in [0.3, 0.4) is 0 Å². The lowest BCUT2D eigenvalue weighted by molar-refractivity contribution is -0.0498. The van der Waals surface area contributed by atoms with E-state index in [1.54, 1.807) is 30.5 Å². The van der Waals surface area contributed by atoms with Gasteiger partial charge in [0.25, 0.3) is 0 Å². The standard InChI is InChI=1S/C22H19F2N3O/c1-14-20(17-6-2-3-7-18(17)26-14)21(27-19-8-4-5-13-25-19)15-9-11-16(12-10-15)28-22(23)24/h2-13,21-22,26H,1H3,(H,25,27)/t21-/m1/s1. The summed E-state index contributed by atoms with van der Waals surface area (Å²) in [4.78, 5) is 7.79. The Labute approximate surface area is 161 Å². The third-order valence-corrected chi connectivity index (χ3v) is 4.63. The van der Waals surface area contributed by atoms with Gasteiger partial charge in [-0.25, -0.2) is 4.98 Å². The maximum absolute atomic E-state index is 12.5. The second-order valence-corrected chi connectivity index (χ2v) is 6.45. The Balaban J connectivity index is 1.79. The number of ether oxygens (including phenoxy) is 1. The maximum atomic E-state index is 12.5. The van der Waals surface area contributed by atoms with Crippen LogP contribution in [-0.2, 0) is 0 Å². The summed E-state index contributed by atoms with van der Waals surface area (Å²) in [6.45, 7) is -0.819. The molecule has 2 aromatic heterocycles. The first-order valence-electron chi connectivity index (χ1n) is 8.91. The number of rotatable bonds is 6. The topological polar surface area (TPSA) is 49.9 Å². The maximum Gasteiger partial charge on any atom is 0.387 e. The van der Waals surface area contributed by atoms with E-state index < -0.39 is 6.61 Å². The van der Waals surface area contributed by atoms with Gasteiger partial charge in [0, 0.05) is 28.4 Å². The summed E-state index contributed by atoms with van der Waals surface area (Å²) >= 11 is 0. The molecule has 2 aromatic carbocycles. The molecule has 28 heavy (non-hydrogen) atoms. The molecule has 142 valence electrons. The van der Waals surface area contributed by atoms with Crippen LogP contribution in [0.15, 0.2) is 72.9 Å². The molecule has 0 spiro atoms. The number of hydrogen-bond acceptors (Lipinski definition) is 3. The Bertz CT molecular complexity index is 1060. The van der Waals surface area contributed by atoms with Gasteiger partial charge in [-0.2, -0.15) is 8.78 Å². The van der Waals surface area contributed by atoms with Crippen LogP contribution in [-0.4, -0.2) is 16.6 Å². The highest BCUT2D eigenvalue weighted by molar-refractivity contribution is 5.86. The number of para-hydroxylation sites is 1. The van der Waals surface area contributed by atoms with Gasteiger partial charge in [-0.05, 0) is 42.8 Å². The number of aromatic amines is 1. The minimum atomic E-state index is -2.84. The Morgan fingerprint density at radius 3 is 2.43 bits per heavy atom. The summed E-state index contributed by atoms with van der Waals surface area (Å²) in [7, 11) is 0. The molecule has 4 aromatic rings. The van der Waals surface area contributed by atoms with E-state index in [9.17, 15) is 8.78 Å². The molecular formula is C22H19F2N3O. The quantitative estimate of drug-likeness (QED) is 0.453. The van der Waals surface area contributed by atoms with Crippen LogP contribution in [0.25, 0.3) is 10.9 Å². The second kappa shape index (κ2) is 7.68. The van der Waals surface area contributed by atoms with Gasteiger partial charge >= 0.3 is 6.61 Å². The van der Waals surface area contributed by atoms with Gasteiger partial charge in [0.1, 0.15) is 11.6 Å². The molecule has 0 amide bonds. The van der Waals surface area contributed by atoms with Crippen molar-refractivity contribution in [2.24, 2.45) is 0 Å². The Morgan fingerprint density at radius 2 is 1.71 bits per heavy atom. The van der Waals surface area contributed by atoms with Crippen molar-refractivity contribution >= 4 is 16.7 Å². The number of nitrogens with zero attached hydrogens (tertiary/aromatic N) is 1. The van der Waals surface area contributed by atoms with Gasteiger partial charge in [-0.15, -0.1) is 0 Å². The van der Waals surface area contributed by atoms with Crippen LogP contribution in [0.2, 0.25) is 0 Å². The molecule has 4 nitrogen and oxygen atoms in total. The summed E-state index contributed by atoms with van der Waals surface area (Å²) in [5.41, 5.74) is 4.08. The average molecular weight is 379 g/mol.